The van der Waals surface area contributed by atoms with E-state index in [4.69, 9.17) is 10.5 Å². The Labute approximate surface area is 198 Å². The first-order valence-electron chi connectivity index (χ1n) is 11.4. The fraction of sp³-hybridized carbons (Fsp3) is 0.320. The van der Waals surface area contributed by atoms with Crippen LogP contribution in [0, 0.1) is 0 Å². The first kappa shape index (κ1) is 22.1. The highest BCUT2D eigenvalue weighted by Crippen LogP contribution is 2.28. The Hall–Kier alpha value is -3.69. The van der Waals surface area contributed by atoms with E-state index in [-0.39, 0.29) is 0 Å². The fourth-order valence-electron chi connectivity index (χ4n) is 4.48. The number of morpholine rings is 1. The van der Waals surface area contributed by atoms with Gasteiger partial charge in [-0.05, 0) is 42.5 Å². The van der Waals surface area contributed by atoms with Gasteiger partial charge in [0.15, 0.2) is 0 Å². The summed E-state index contributed by atoms with van der Waals surface area (Å²) in [7, 11) is 0. The summed E-state index contributed by atoms with van der Waals surface area (Å²) in [6.07, 6.45) is 1.52. The maximum Gasteiger partial charge on any atom is 0.240 e. The predicted molar refractivity (Wildman–Crippen MR) is 131 cm³/mol. The van der Waals surface area contributed by atoms with Crippen LogP contribution in [-0.2, 0) is 9.53 Å². The van der Waals surface area contributed by atoms with Crippen molar-refractivity contribution in [1.82, 2.24) is 9.97 Å². The Morgan fingerprint density at radius 1 is 1.03 bits per heavy atom. The number of ether oxygens (including phenoxy) is 1. The second-order valence-electron chi connectivity index (χ2n) is 8.54. The summed E-state index contributed by atoms with van der Waals surface area (Å²) in [5, 5.41) is 13.2. The average Bonchev–Trinajstić information content (AvgIpc) is 3.27. The third-order valence-corrected chi connectivity index (χ3v) is 6.26. The molecule has 9 heteroatoms. The van der Waals surface area contributed by atoms with Crippen LogP contribution >= 0.6 is 0 Å². The Morgan fingerprint density at radius 3 is 2.44 bits per heavy atom. The van der Waals surface area contributed by atoms with Crippen molar-refractivity contribution in [3.8, 4) is 11.3 Å². The van der Waals surface area contributed by atoms with Crippen LogP contribution in [0.1, 0.15) is 6.42 Å². The van der Waals surface area contributed by atoms with Gasteiger partial charge in [0.05, 0.1) is 25.0 Å². The number of rotatable bonds is 6. The molecule has 34 heavy (non-hydrogen) atoms. The van der Waals surface area contributed by atoms with E-state index in [0.29, 0.717) is 18.9 Å². The van der Waals surface area contributed by atoms with E-state index >= 15 is 0 Å². The number of aromatic nitrogens is 2. The molecular formula is C25H28N6O3. The number of hydrogen-bond donors (Lipinski definition) is 3. The number of carbonyl (C=O) groups is 1. The maximum absolute atomic E-state index is 11.7. The lowest BCUT2D eigenvalue weighted by Crippen LogP contribution is -2.40. The van der Waals surface area contributed by atoms with Crippen LogP contribution in [0.3, 0.4) is 0 Å². The molecule has 3 aromatic rings. The number of nitrogens with zero attached hydrogens (tertiary/aromatic N) is 4. The normalized spacial score (nSPS) is 20.4. The minimum atomic E-state index is -0.560. The number of hydrogen-bond acceptors (Lipinski definition) is 8. The molecule has 0 radical (unpaired) electrons. The molecule has 9 nitrogen and oxygen atoms in total. The zero-order valence-electron chi connectivity index (χ0n) is 18.8. The molecule has 2 atom stereocenters. The van der Waals surface area contributed by atoms with E-state index in [1.54, 1.807) is 6.20 Å². The summed E-state index contributed by atoms with van der Waals surface area (Å²) < 4.78 is 5.42. The fourth-order valence-corrected chi connectivity index (χ4v) is 4.48. The molecule has 3 heterocycles. The molecule has 2 aliphatic heterocycles. The number of nitrogens with one attached hydrogen (secondary N) is 1. The summed E-state index contributed by atoms with van der Waals surface area (Å²) in [5.41, 5.74) is 10.1. The summed E-state index contributed by atoms with van der Waals surface area (Å²) in [4.78, 5) is 24.9. The number of aliphatic hydroxyl groups excluding tert-OH is 1. The van der Waals surface area contributed by atoms with E-state index < -0.39 is 18.1 Å². The van der Waals surface area contributed by atoms with Gasteiger partial charge in [0.2, 0.25) is 11.9 Å². The SMILES string of the molecule is NC(=O)C1C[C@H](O)CN1c1ccc(-c2ccnc(Nc3ccc(N4CCOCC4)cc3)n2)cc1. The summed E-state index contributed by atoms with van der Waals surface area (Å²) in [5.74, 6) is 0.0854. The number of benzene rings is 2. The van der Waals surface area contributed by atoms with Crippen LogP contribution in [0.5, 0.6) is 0 Å². The van der Waals surface area contributed by atoms with Crippen LogP contribution in [0.15, 0.2) is 60.8 Å². The first-order chi connectivity index (χ1) is 16.6. The summed E-state index contributed by atoms with van der Waals surface area (Å²) >= 11 is 0. The predicted octanol–water partition coefficient (Wildman–Crippen LogP) is 2.15. The van der Waals surface area contributed by atoms with E-state index in [1.165, 1.54) is 5.69 Å². The second kappa shape index (κ2) is 9.66. The summed E-state index contributed by atoms with van der Waals surface area (Å²) in [6.45, 7) is 3.70. The van der Waals surface area contributed by atoms with E-state index in [1.807, 2.05) is 47.4 Å². The van der Waals surface area contributed by atoms with Gasteiger partial charge in [-0.25, -0.2) is 9.97 Å². The number of anilines is 4. The van der Waals surface area contributed by atoms with Gasteiger partial charge in [0.1, 0.15) is 6.04 Å². The highest BCUT2D eigenvalue weighted by Gasteiger charge is 2.34. The molecule has 1 unspecified atom stereocenters. The molecule has 2 fully saturated rings. The van der Waals surface area contributed by atoms with Crippen LogP contribution in [0.4, 0.5) is 23.0 Å². The molecule has 5 rings (SSSR count). The minimum absolute atomic E-state index is 0.353. The molecule has 2 aliphatic rings. The van der Waals surface area contributed by atoms with Gasteiger partial charge < -0.3 is 30.7 Å². The standard InChI is InChI=1S/C25H28N6O3/c26-24(33)23-15-21(32)16-31(23)20-5-1-17(2-6-20)22-9-10-27-25(29-22)28-18-3-7-19(8-4-18)30-11-13-34-14-12-30/h1-10,21,23,32H,11-16H2,(H2,26,33)(H,27,28,29)/t21-,23?/m0/s1. The van der Waals surface area contributed by atoms with Gasteiger partial charge in [-0.1, -0.05) is 12.1 Å². The van der Waals surface area contributed by atoms with Crippen molar-refractivity contribution in [3.05, 3.63) is 60.8 Å². The number of β-amino-alcohol motifs (C(OH)–C–C–N with tert-alkyl or cyclic N) is 1. The molecule has 0 bridgehead atoms. The van der Waals surface area contributed by atoms with Gasteiger partial charge >= 0.3 is 0 Å². The third kappa shape index (κ3) is 4.80. The Morgan fingerprint density at radius 2 is 1.74 bits per heavy atom. The Bertz CT molecular complexity index is 1130. The van der Waals surface area contributed by atoms with E-state index in [9.17, 15) is 9.90 Å². The van der Waals surface area contributed by atoms with Gasteiger partial charge in [0, 0.05) is 54.9 Å². The molecular weight excluding hydrogens is 432 g/mol. The zero-order valence-corrected chi connectivity index (χ0v) is 18.8. The van der Waals surface area contributed by atoms with E-state index in [2.05, 4.69) is 32.3 Å². The van der Waals surface area contributed by atoms with Crippen LogP contribution in [0.25, 0.3) is 11.3 Å². The van der Waals surface area contributed by atoms with Crippen molar-refractivity contribution in [2.75, 3.05) is 48.0 Å². The topological polar surface area (TPSA) is 117 Å². The van der Waals surface area contributed by atoms with Crippen LogP contribution < -0.4 is 20.9 Å². The number of amides is 1. The minimum Gasteiger partial charge on any atom is -0.391 e. The summed E-state index contributed by atoms with van der Waals surface area (Å²) in [6, 6.07) is 17.3. The third-order valence-electron chi connectivity index (χ3n) is 6.26. The van der Waals surface area contributed by atoms with Crippen LogP contribution in [-0.4, -0.2) is 66.0 Å². The largest absolute Gasteiger partial charge is 0.391 e. The molecule has 1 amide bonds. The molecule has 176 valence electrons. The van der Waals surface area contributed by atoms with Gasteiger partial charge in [0.25, 0.3) is 0 Å². The molecule has 0 saturated carbocycles. The number of aliphatic hydroxyl groups is 1. The van der Waals surface area contributed by atoms with Crippen molar-refractivity contribution in [2.24, 2.45) is 5.73 Å². The lowest BCUT2D eigenvalue weighted by Gasteiger charge is -2.28. The Balaban J connectivity index is 1.28. The Kier molecular flexibility index (Phi) is 6.29. The number of primary amides is 1. The molecule has 4 N–H and O–H groups in total. The van der Waals surface area contributed by atoms with Crippen molar-refractivity contribution >= 4 is 28.9 Å². The highest BCUT2D eigenvalue weighted by molar-refractivity contribution is 5.84. The van der Waals surface area contributed by atoms with Crippen molar-refractivity contribution in [1.29, 1.82) is 0 Å². The molecule has 0 aliphatic carbocycles. The zero-order chi connectivity index (χ0) is 23.5. The second-order valence-corrected chi connectivity index (χ2v) is 8.54. The van der Waals surface area contributed by atoms with E-state index in [0.717, 1.165) is 48.9 Å². The van der Waals surface area contributed by atoms with Crippen LogP contribution in [0.2, 0.25) is 0 Å². The monoisotopic (exact) mass is 460 g/mol. The average molecular weight is 461 g/mol. The van der Waals surface area contributed by atoms with Crippen molar-refractivity contribution < 1.29 is 14.6 Å². The molecule has 2 saturated heterocycles. The smallest absolute Gasteiger partial charge is 0.240 e. The molecule has 0 spiro atoms. The van der Waals surface area contributed by atoms with Gasteiger partial charge in [-0.15, -0.1) is 0 Å². The molecule has 2 aromatic carbocycles. The lowest BCUT2D eigenvalue weighted by molar-refractivity contribution is -0.119. The number of carbonyl (C=O) groups excluding carboxylic acids is 1. The van der Waals surface area contributed by atoms with Crippen molar-refractivity contribution in [2.45, 2.75) is 18.6 Å². The van der Waals surface area contributed by atoms with Gasteiger partial charge in [-0.3, -0.25) is 4.79 Å². The van der Waals surface area contributed by atoms with Crippen molar-refractivity contribution in [3.63, 3.8) is 0 Å². The number of nitrogens with two attached hydrogens (primary N) is 1. The maximum atomic E-state index is 11.7. The van der Waals surface area contributed by atoms with Gasteiger partial charge in [-0.2, -0.15) is 0 Å². The quantitative estimate of drug-likeness (QED) is 0.512. The molecule has 1 aromatic heterocycles. The highest BCUT2D eigenvalue weighted by atomic mass is 16.5. The lowest BCUT2D eigenvalue weighted by atomic mass is 10.1. The first-order valence-corrected chi connectivity index (χ1v) is 11.4.